The van der Waals surface area contributed by atoms with Crippen LogP contribution in [0.2, 0.25) is 0 Å². The highest BCUT2D eigenvalue weighted by atomic mass is 16.5. The molecule has 0 rings (SSSR count). The summed E-state index contributed by atoms with van der Waals surface area (Å²) in [6, 6.07) is 0.591. The molecule has 0 aliphatic carbocycles. The van der Waals surface area contributed by atoms with E-state index in [4.69, 9.17) is 4.74 Å². The first-order valence-corrected chi connectivity index (χ1v) is 6.28. The van der Waals surface area contributed by atoms with Crippen LogP contribution in [0.15, 0.2) is 0 Å². The molecule has 0 aliphatic heterocycles. The average molecular weight is 215 g/mol. The van der Waals surface area contributed by atoms with E-state index in [-0.39, 0.29) is 5.60 Å². The second-order valence-electron chi connectivity index (χ2n) is 5.29. The van der Waals surface area contributed by atoms with E-state index in [1.54, 1.807) is 0 Å². The Morgan fingerprint density at radius 3 is 2.27 bits per heavy atom. The summed E-state index contributed by atoms with van der Waals surface area (Å²) in [5.41, 5.74) is 0.0326. The maximum Gasteiger partial charge on any atom is 0.0627 e. The van der Waals surface area contributed by atoms with Gasteiger partial charge in [-0.1, -0.05) is 20.8 Å². The van der Waals surface area contributed by atoms with E-state index >= 15 is 0 Å². The predicted molar refractivity (Wildman–Crippen MR) is 67.3 cm³/mol. The van der Waals surface area contributed by atoms with Gasteiger partial charge in [-0.05, 0) is 46.6 Å². The zero-order valence-electron chi connectivity index (χ0n) is 11.4. The lowest BCUT2D eigenvalue weighted by molar-refractivity contribution is -0.0686. The van der Waals surface area contributed by atoms with Crippen molar-refractivity contribution < 1.29 is 4.74 Å². The number of rotatable bonds is 8. The van der Waals surface area contributed by atoms with Gasteiger partial charge in [0, 0.05) is 6.04 Å². The van der Waals surface area contributed by atoms with Gasteiger partial charge in [-0.15, -0.1) is 0 Å². The molecule has 0 spiro atoms. The van der Waals surface area contributed by atoms with Crippen LogP contribution in [-0.2, 0) is 4.74 Å². The van der Waals surface area contributed by atoms with Gasteiger partial charge in [-0.2, -0.15) is 0 Å². The van der Waals surface area contributed by atoms with Crippen LogP contribution in [0.25, 0.3) is 0 Å². The first-order chi connectivity index (χ1) is 6.87. The molecule has 0 amide bonds. The van der Waals surface area contributed by atoms with Gasteiger partial charge in [-0.25, -0.2) is 0 Å². The fraction of sp³-hybridized carbons (Fsp3) is 1.00. The van der Waals surface area contributed by atoms with Crippen molar-refractivity contribution >= 4 is 0 Å². The summed E-state index contributed by atoms with van der Waals surface area (Å²) in [5.74, 6) is 0. The van der Waals surface area contributed by atoms with Crippen LogP contribution in [0.3, 0.4) is 0 Å². The fourth-order valence-corrected chi connectivity index (χ4v) is 1.47. The molecule has 0 aliphatic rings. The van der Waals surface area contributed by atoms with Gasteiger partial charge < -0.3 is 10.1 Å². The van der Waals surface area contributed by atoms with Crippen molar-refractivity contribution in [3.05, 3.63) is 0 Å². The molecule has 0 aromatic heterocycles. The van der Waals surface area contributed by atoms with E-state index in [1.165, 1.54) is 6.42 Å². The van der Waals surface area contributed by atoms with Crippen LogP contribution < -0.4 is 5.32 Å². The molecular weight excluding hydrogens is 186 g/mol. The largest absolute Gasteiger partial charge is 0.373 e. The van der Waals surface area contributed by atoms with Gasteiger partial charge in [0.15, 0.2) is 0 Å². The number of hydrogen-bond acceptors (Lipinski definition) is 2. The fourth-order valence-electron chi connectivity index (χ4n) is 1.47. The summed E-state index contributed by atoms with van der Waals surface area (Å²) in [7, 11) is 0. The monoisotopic (exact) mass is 215 g/mol. The third-order valence-electron chi connectivity index (χ3n) is 2.71. The quantitative estimate of drug-likeness (QED) is 0.627. The maximum atomic E-state index is 5.97. The third-order valence-corrected chi connectivity index (χ3v) is 2.71. The Hall–Kier alpha value is -0.0800. The Balaban J connectivity index is 3.53. The second-order valence-corrected chi connectivity index (χ2v) is 5.29. The van der Waals surface area contributed by atoms with Crippen molar-refractivity contribution in [2.45, 2.75) is 78.6 Å². The van der Waals surface area contributed by atoms with Gasteiger partial charge in [0.25, 0.3) is 0 Å². The van der Waals surface area contributed by atoms with Crippen LogP contribution in [0.1, 0.15) is 60.8 Å². The molecule has 0 radical (unpaired) electrons. The van der Waals surface area contributed by atoms with Gasteiger partial charge >= 0.3 is 0 Å². The number of hydrogen-bond donors (Lipinski definition) is 1. The first kappa shape index (κ1) is 14.9. The zero-order chi connectivity index (χ0) is 11.9. The molecule has 92 valence electrons. The van der Waals surface area contributed by atoms with Crippen molar-refractivity contribution in [2.75, 3.05) is 6.54 Å². The van der Waals surface area contributed by atoms with Crippen LogP contribution >= 0.6 is 0 Å². The zero-order valence-corrected chi connectivity index (χ0v) is 11.4. The van der Waals surface area contributed by atoms with E-state index < -0.39 is 0 Å². The lowest BCUT2D eigenvalue weighted by Crippen LogP contribution is -2.29. The molecule has 0 fully saturated rings. The highest BCUT2D eigenvalue weighted by molar-refractivity contribution is 4.68. The molecule has 1 N–H and O–H groups in total. The van der Waals surface area contributed by atoms with E-state index in [0.717, 1.165) is 19.4 Å². The summed E-state index contributed by atoms with van der Waals surface area (Å²) in [6.07, 6.45) is 3.78. The minimum absolute atomic E-state index is 0.0326. The summed E-state index contributed by atoms with van der Waals surface area (Å²) in [5, 5.41) is 3.42. The molecule has 0 heterocycles. The molecular formula is C13H29NO. The second kappa shape index (κ2) is 7.24. The molecule has 1 unspecified atom stereocenters. The molecule has 0 saturated carbocycles. The van der Waals surface area contributed by atoms with Gasteiger partial charge in [-0.3, -0.25) is 0 Å². The summed E-state index contributed by atoms with van der Waals surface area (Å²) in [6.45, 7) is 14.1. The predicted octanol–water partition coefficient (Wildman–Crippen LogP) is 3.36. The lowest BCUT2D eigenvalue weighted by atomic mass is 10.1. The SMILES string of the molecule is CCC(C)(C)OC(C)CCCNC(C)C. The standard InChI is InChI=1S/C13H29NO/c1-7-13(5,6)15-12(4)9-8-10-14-11(2)3/h11-12,14H,7-10H2,1-6H3. The normalized spacial score (nSPS) is 14.6. The minimum Gasteiger partial charge on any atom is -0.373 e. The molecule has 15 heavy (non-hydrogen) atoms. The van der Waals surface area contributed by atoms with Crippen LogP contribution in [0, 0.1) is 0 Å². The topological polar surface area (TPSA) is 21.3 Å². The van der Waals surface area contributed by atoms with E-state index in [1.807, 2.05) is 0 Å². The average Bonchev–Trinajstić information content (AvgIpc) is 2.11. The molecule has 0 bridgehead atoms. The van der Waals surface area contributed by atoms with Gasteiger partial charge in [0.2, 0.25) is 0 Å². The van der Waals surface area contributed by atoms with Crippen molar-refractivity contribution in [2.24, 2.45) is 0 Å². The highest BCUT2D eigenvalue weighted by Gasteiger charge is 2.18. The van der Waals surface area contributed by atoms with Crippen molar-refractivity contribution in [1.29, 1.82) is 0 Å². The molecule has 2 heteroatoms. The molecule has 0 aromatic carbocycles. The van der Waals surface area contributed by atoms with Crippen molar-refractivity contribution in [1.82, 2.24) is 5.32 Å². The lowest BCUT2D eigenvalue weighted by Gasteiger charge is -2.28. The first-order valence-electron chi connectivity index (χ1n) is 6.28. The third kappa shape index (κ3) is 8.88. The Morgan fingerprint density at radius 1 is 1.20 bits per heavy atom. The number of nitrogens with one attached hydrogen (secondary N) is 1. The van der Waals surface area contributed by atoms with E-state index in [0.29, 0.717) is 12.1 Å². The maximum absolute atomic E-state index is 5.97. The van der Waals surface area contributed by atoms with Crippen molar-refractivity contribution in [3.8, 4) is 0 Å². The van der Waals surface area contributed by atoms with Crippen LogP contribution in [-0.4, -0.2) is 24.3 Å². The molecule has 1 atom stereocenters. The number of ether oxygens (including phenoxy) is 1. The van der Waals surface area contributed by atoms with Gasteiger partial charge in [0.05, 0.1) is 11.7 Å². The van der Waals surface area contributed by atoms with Crippen LogP contribution in [0.4, 0.5) is 0 Å². The Kier molecular flexibility index (Phi) is 7.20. The molecule has 2 nitrogen and oxygen atoms in total. The summed E-state index contributed by atoms with van der Waals surface area (Å²) < 4.78 is 5.97. The molecule has 0 aromatic rings. The molecule has 0 saturated heterocycles. The smallest absolute Gasteiger partial charge is 0.0627 e. The Labute approximate surface area is 95.8 Å². The summed E-state index contributed by atoms with van der Waals surface area (Å²) in [4.78, 5) is 0. The van der Waals surface area contributed by atoms with Crippen molar-refractivity contribution in [3.63, 3.8) is 0 Å². The van der Waals surface area contributed by atoms with E-state index in [9.17, 15) is 0 Å². The van der Waals surface area contributed by atoms with E-state index in [2.05, 4.69) is 46.9 Å². The Bertz CT molecular complexity index is 155. The minimum atomic E-state index is 0.0326. The summed E-state index contributed by atoms with van der Waals surface area (Å²) >= 11 is 0. The Morgan fingerprint density at radius 2 is 1.80 bits per heavy atom. The van der Waals surface area contributed by atoms with Crippen LogP contribution in [0.5, 0.6) is 0 Å². The van der Waals surface area contributed by atoms with Gasteiger partial charge in [0.1, 0.15) is 0 Å². The highest BCUT2D eigenvalue weighted by Crippen LogP contribution is 2.18.